The molecule has 0 aliphatic heterocycles. The van der Waals surface area contributed by atoms with Crippen LogP contribution in [0.2, 0.25) is 0 Å². The molecule has 2 aromatic heterocycles. The predicted molar refractivity (Wildman–Crippen MR) is 152 cm³/mol. The molecule has 0 atom stereocenters. The standard InChI is InChI=1S/C31H34N6O/c1-5-6-11-25-20-37(29-22(4)10-9-14-26(29)21(2)3)31(38)36(25)19-23-15-17-24(18-16-23)27-12-7-8-13-28(27)30-32-34-35-33-30/h7-10,12-18,20-21H,5-6,11,19H2,1-4H3,(H,32,33,34,35). The highest BCUT2D eigenvalue weighted by Gasteiger charge is 2.18. The van der Waals surface area contributed by atoms with Crippen molar-refractivity contribution in [1.29, 1.82) is 0 Å². The van der Waals surface area contributed by atoms with E-state index in [1.54, 1.807) is 0 Å². The third-order valence-corrected chi connectivity index (χ3v) is 7.11. The third-order valence-electron chi connectivity index (χ3n) is 7.11. The lowest BCUT2D eigenvalue weighted by molar-refractivity contribution is 0.673. The Bertz CT molecular complexity index is 1580. The summed E-state index contributed by atoms with van der Waals surface area (Å²) in [6.45, 7) is 9.15. The summed E-state index contributed by atoms with van der Waals surface area (Å²) < 4.78 is 3.81. The molecular weight excluding hydrogens is 472 g/mol. The van der Waals surface area contributed by atoms with Crippen molar-refractivity contribution in [2.45, 2.75) is 59.4 Å². The zero-order valence-electron chi connectivity index (χ0n) is 22.5. The summed E-state index contributed by atoms with van der Waals surface area (Å²) in [4.78, 5) is 13.9. The molecule has 7 nitrogen and oxygen atoms in total. The zero-order chi connectivity index (χ0) is 26.6. The van der Waals surface area contributed by atoms with E-state index in [0.717, 1.165) is 58.5 Å². The predicted octanol–water partition coefficient (Wildman–Crippen LogP) is 6.31. The van der Waals surface area contributed by atoms with Gasteiger partial charge in [-0.25, -0.2) is 9.89 Å². The lowest BCUT2D eigenvalue weighted by Gasteiger charge is -2.15. The van der Waals surface area contributed by atoms with Crippen molar-refractivity contribution in [2.24, 2.45) is 0 Å². The summed E-state index contributed by atoms with van der Waals surface area (Å²) in [6, 6.07) is 22.8. The maximum absolute atomic E-state index is 13.9. The Hall–Kier alpha value is -4.26. The van der Waals surface area contributed by atoms with Crippen LogP contribution in [0.1, 0.15) is 61.9 Å². The maximum atomic E-state index is 13.9. The second kappa shape index (κ2) is 11.0. The van der Waals surface area contributed by atoms with Crippen LogP contribution in [0.3, 0.4) is 0 Å². The molecule has 3 aromatic carbocycles. The molecule has 0 spiro atoms. The number of rotatable bonds is 9. The summed E-state index contributed by atoms with van der Waals surface area (Å²) in [6.07, 6.45) is 5.05. The fourth-order valence-electron chi connectivity index (χ4n) is 5.08. The Morgan fingerprint density at radius 3 is 2.39 bits per heavy atom. The Kier molecular flexibility index (Phi) is 7.36. The molecular formula is C31H34N6O. The van der Waals surface area contributed by atoms with E-state index in [0.29, 0.717) is 18.3 Å². The minimum absolute atomic E-state index is 0.0135. The third kappa shape index (κ3) is 4.96. The topological polar surface area (TPSA) is 81.4 Å². The highest BCUT2D eigenvalue weighted by molar-refractivity contribution is 5.80. The van der Waals surface area contributed by atoms with Crippen LogP contribution in [-0.4, -0.2) is 29.8 Å². The van der Waals surface area contributed by atoms with Gasteiger partial charge in [-0.2, -0.15) is 0 Å². The summed E-state index contributed by atoms with van der Waals surface area (Å²) in [7, 11) is 0. The smallest absolute Gasteiger partial charge is 0.292 e. The van der Waals surface area contributed by atoms with Crippen molar-refractivity contribution in [2.75, 3.05) is 0 Å². The first-order chi connectivity index (χ1) is 18.5. The van der Waals surface area contributed by atoms with Crippen molar-refractivity contribution < 1.29 is 0 Å². The van der Waals surface area contributed by atoms with Crippen molar-refractivity contribution in [3.05, 3.63) is 106 Å². The van der Waals surface area contributed by atoms with E-state index in [2.05, 4.69) is 103 Å². The second-order valence-electron chi connectivity index (χ2n) is 10.1. The van der Waals surface area contributed by atoms with Gasteiger partial charge in [0.05, 0.1) is 12.2 Å². The van der Waals surface area contributed by atoms with E-state index in [1.165, 1.54) is 5.56 Å². The second-order valence-corrected chi connectivity index (χ2v) is 10.1. The first kappa shape index (κ1) is 25.4. The Morgan fingerprint density at radius 1 is 0.947 bits per heavy atom. The number of unbranched alkanes of at least 4 members (excludes halogenated alkanes) is 1. The van der Waals surface area contributed by atoms with Gasteiger partial charge in [-0.1, -0.05) is 93.9 Å². The van der Waals surface area contributed by atoms with Crippen molar-refractivity contribution in [3.8, 4) is 28.2 Å². The van der Waals surface area contributed by atoms with Gasteiger partial charge in [0.15, 0.2) is 5.82 Å². The number of tetrazole rings is 1. The van der Waals surface area contributed by atoms with E-state index in [9.17, 15) is 4.79 Å². The molecule has 0 fully saturated rings. The number of imidazole rings is 1. The number of hydrogen-bond acceptors (Lipinski definition) is 4. The van der Waals surface area contributed by atoms with Crippen LogP contribution in [0, 0.1) is 6.92 Å². The van der Waals surface area contributed by atoms with Gasteiger partial charge in [-0.05, 0) is 63.9 Å². The molecule has 2 heterocycles. The molecule has 0 saturated carbocycles. The number of nitrogens with zero attached hydrogens (tertiary/aromatic N) is 5. The molecule has 0 radical (unpaired) electrons. The van der Waals surface area contributed by atoms with Gasteiger partial charge in [0.1, 0.15) is 0 Å². The summed E-state index contributed by atoms with van der Waals surface area (Å²) in [5, 5.41) is 14.4. The maximum Gasteiger partial charge on any atom is 0.333 e. The van der Waals surface area contributed by atoms with Crippen LogP contribution in [0.4, 0.5) is 0 Å². The number of nitrogens with one attached hydrogen (secondary N) is 1. The number of aromatic nitrogens is 6. The van der Waals surface area contributed by atoms with E-state index >= 15 is 0 Å². The number of hydrogen-bond donors (Lipinski definition) is 1. The number of benzene rings is 3. The van der Waals surface area contributed by atoms with Gasteiger partial charge in [0.2, 0.25) is 0 Å². The molecule has 0 bridgehead atoms. The SMILES string of the molecule is CCCCc1cn(-c2c(C)cccc2C(C)C)c(=O)n1Cc1ccc(-c2ccccc2-c2nnn[nH]2)cc1. The fraction of sp³-hybridized carbons (Fsp3) is 0.290. The summed E-state index contributed by atoms with van der Waals surface area (Å²) in [5.74, 6) is 0.956. The highest BCUT2D eigenvalue weighted by Crippen LogP contribution is 2.30. The van der Waals surface area contributed by atoms with E-state index in [-0.39, 0.29) is 5.69 Å². The van der Waals surface area contributed by atoms with Crippen LogP contribution in [0.25, 0.3) is 28.2 Å². The molecule has 0 saturated heterocycles. The van der Waals surface area contributed by atoms with Crippen LogP contribution in [-0.2, 0) is 13.0 Å². The quantitative estimate of drug-likeness (QED) is 0.254. The van der Waals surface area contributed by atoms with E-state index in [1.807, 2.05) is 27.3 Å². The Labute approximate surface area is 223 Å². The largest absolute Gasteiger partial charge is 0.333 e. The Morgan fingerprint density at radius 2 is 1.71 bits per heavy atom. The lowest BCUT2D eigenvalue weighted by Crippen LogP contribution is -2.26. The first-order valence-corrected chi connectivity index (χ1v) is 13.3. The van der Waals surface area contributed by atoms with Gasteiger partial charge in [0, 0.05) is 17.5 Å². The van der Waals surface area contributed by atoms with Crippen molar-refractivity contribution in [1.82, 2.24) is 29.8 Å². The molecule has 5 aromatic rings. The van der Waals surface area contributed by atoms with Crippen LogP contribution in [0.15, 0.2) is 77.7 Å². The molecule has 0 amide bonds. The molecule has 5 rings (SSSR count). The van der Waals surface area contributed by atoms with Crippen LogP contribution in [0.5, 0.6) is 0 Å². The van der Waals surface area contributed by atoms with Gasteiger partial charge < -0.3 is 0 Å². The van der Waals surface area contributed by atoms with Gasteiger partial charge in [-0.3, -0.25) is 9.13 Å². The van der Waals surface area contributed by atoms with Crippen molar-refractivity contribution >= 4 is 0 Å². The van der Waals surface area contributed by atoms with Gasteiger partial charge in [0.25, 0.3) is 0 Å². The highest BCUT2D eigenvalue weighted by atomic mass is 16.1. The molecule has 38 heavy (non-hydrogen) atoms. The number of H-pyrrole nitrogens is 1. The minimum Gasteiger partial charge on any atom is -0.292 e. The van der Waals surface area contributed by atoms with E-state index < -0.39 is 0 Å². The number of para-hydroxylation sites is 1. The molecule has 194 valence electrons. The van der Waals surface area contributed by atoms with Crippen LogP contribution >= 0.6 is 0 Å². The van der Waals surface area contributed by atoms with Crippen LogP contribution < -0.4 is 5.69 Å². The molecule has 7 heteroatoms. The molecule has 0 unspecified atom stereocenters. The normalized spacial score (nSPS) is 11.4. The van der Waals surface area contributed by atoms with Gasteiger partial charge >= 0.3 is 5.69 Å². The summed E-state index contributed by atoms with van der Waals surface area (Å²) >= 11 is 0. The minimum atomic E-state index is 0.0135. The molecule has 0 aliphatic carbocycles. The molecule has 0 aliphatic rings. The van der Waals surface area contributed by atoms with E-state index in [4.69, 9.17) is 0 Å². The average Bonchev–Trinajstić information content (AvgIpc) is 3.57. The summed E-state index contributed by atoms with van der Waals surface area (Å²) in [5.41, 5.74) is 8.54. The fourth-order valence-corrected chi connectivity index (χ4v) is 5.08. The lowest BCUT2D eigenvalue weighted by atomic mass is 9.98. The Balaban J connectivity index is 1.51. The van der Waals surface area contributed by atoms with Crippen molar-refractivity contribution in [3.63, 3.8) is 0 Å². The molecule has 1 N–H and O–H groups in total. The van der Waals surface area contributed by atoms with Gasteiger partial charge in [-0.15, -0.1) is 5.10 Å². The zero-order valence-corrected chi connectivity index (χ0v) is 22.5. The number of aromatic amines is 1. The average molecular weight is 507 g/mol. The first-order valence-electron chi connectivity index (χ1n) is 13.3. The number of aryl methyl sites for hydroxylation is 2. The monoisotopic (exact) mass is 506 g/mol.